The van der Waals surface area contributed by atoms with E-state index in [9.17, 15) is 24.3 Å². The molecule has 1 aromatic heterocycles. The normalized spacial score (nSPS) is 15.3. The monoisotopic (exact) mass is 754 g/mol. The zero-order valence-corrected chi connectivity index (χ0v) is 32.1. The highest BCUT2D eigenvalue weighted by molar-refractivity contribution is 5.93. The number of fused-ring (bicyclic) bond motifs is 1. The van der Waals surface area contributed by atoms with E-state index in [1.54, 1.807) is 4.90 Å². The van der Waals surface area contributed by atoms with Gasteiger partial charge in [0.2, 0.25) is 17.7 Å². The Morgan fingerprint density at radius 2 is 1.36 bits per heavy atom. The molecule has 0 radical (unpaired) electrons. The SMILES string of the molecule is CC(C)(C)[C@H](NCCc1cn(C(c2ccccc2)(c2ccccc2)c2ccccc2)cn1)C(=O)N1Cc2ccccc2CC1C(=O)N[C@@H](CCC(N)=O)C(=O)O. The minimum absolute atomic E-state index is 0.154. The standard InChI is InChI=1S/C45H50N6O5/c1-44(2,3)40(42(54)51-28-32-16-14-13-15-31(32)27-38(51)41(53)49-37(43(55)56)23-24-39(46)52)47-26-25-36-29-50(30-48-36)45(33-17-7-4-8-18-33,34-19-9-5-10-20-34)35-21-11-6-12-22-35/h4-22,29-30,37-38,40,47H,23-28H2,1-3H3,(H2,46,52)(H,49,53)(H,55,56)/t37-,38?,40+/m0/s1. The van der Waals surface area contributed by atoms with Crippen LogP contribution in [0.25, 0.3) is 0 Å². The van der Waals surface area contributed by atoms with Crippen molar-refractivity contribution < 1.29 is 24.3 Å². The fourth-order valence-electron chi connectivity index (χ4n) is 7.74. The van der Waals surface area contributed by atoms with Gasteiger partial charge >= 0.3 is 5.97 Å². The number of nitrogens with one attached hydrogen (secondary N) is 2. The van der Waals surface area contributed by atoms with Crippen LogP contribution in [0.2, 0.25) is 0 Å². The molecule has 0 bridgehead atoms. The van der Waals surface area contributed by atoms with Gasteiger partial charge in [0.1, 0.15) is 17.6 Å². The van der Waals surface area contributed by atoms with Gasteiger partial charge in [-0.1, -0.05) is 136 Å². The van der Waals surface area contributed by atoms with Crippen LogP contribution in [0.4, 0.5) is 0 Å². The number of hydrogen-bond acceptors (Lipinski definition) is 6. The number of hydrogen-bond donors (Lipinski definition) is 4. The lowest BCUT2D eigenvalue weighted by Crippen LogP contribution is -2.61. The van der Waals surface area contributed by atoms with E-state index in [0.717, 1.165) is 33.5 Å². The molecular weight excluding hydrogens is 705 g/mol. The van der Waals surface area contributed by atoms with E-state index < -0.39 is 46.9 Å². The zero-order valence-electron chi connectivity index (χ0n) is 32.1. The number of carboxylic acids is 1. The molecule has 56 heavy (non-hydrogen) atoms. The van der Waals surface area contributed by atoms with Gasteiger partial charge in [-0.25, -0.2) is 9.78 Å². The largest absolute Gasteiger partial charge is 0.480 e. The van der Waals surface area contributed by atoms with E-state index in [2.05, 4.69) is 57.8 Å². The third-order valence-electron chi connectivity index (χ3n) is 10.6. The number of rotatable bonds is 15. The van der Waals surface area contributed by atoms with Crippen molar-refractivity contribution in [3.63, 3.8) is 0 Å². The van der Waals surface area contributed by atoms with Crippen LogP contribution in [0.1, 0.15) is 67.1 Å². The Kier molecular flexibility index (Phi) is 12.1. The number of imidazole rings is 1. The summed E-state index contributed by atoms with van der Waals surface area (Å²) in [5, 5.41) is 15.9. The number of carbonyl (C=O) groups excluding carboxylic acids is 3. The van der Waals surface area contributed by atoms with Gasteiger partial charge < -0.3 is 30.9 Å². The van der Waals surface area contributed by atoms with Crippen molar-refractivity contribution >= 4 is 23.7 Å². The van der Waals surface area contributed by atoms with Crippen molar-refractivity contribution in [3.05, 3.63) is 161 Å². The lowest BCUT2D eigenvalue weighted by atomic mass is 9.77. The van der Waals surface area contributed by atoms with Gasteiger partial charge in [0, 0.05) is 38.5 Å². The van der Waals surface area contributed by atoms with Crippen molar-refractivity contribution in [1.29, 1.82) is 0 Å². The molecule has 11 heteroatoms. The van der Waals surface area contributed by atoms with E-state index in [1.807, 2.05) is 106 Å². The van der Waals surface area contributed by atoms with E-state index in [0.29, 0.717) is 13.0 Å². The molecule has 3 atom stereocenters. The molecule has 0 fully saturated rings. The highest BCUT2D eigenvalue weighted by Crippen LogP contribution is 2.41. The Balaban J connectivity index is 1.25. The first-order valence-corrected chi connectivity index (χ1v) is 19.0. The quantitative estimate of drug-likeness (QED) is 0.109. The third-order valence-corrected chi connectivity index (χ3v) is 10.6. The molecule has 2 heterocycles. The van der Waals surface area contributed by atoms with E-state index in [-0.39, 0.29) is 31.7 Å². The molecule has 1 unspecified atom stereocenters. The first-order valence-electron chi connectivity index (χ1n) is 19.0. The fraction of sp³-hybridized carbons (Fsp3) is 0.311. The maximum atomic E-state index is 14.6. The van der Waals surface area contributed by atoms with Gasteiger partial charge in [0.15, 0.2) is 0 Å². The average molecular weight is 755 g/mol. The predicted molar refractivity (Wildman–Crippen MR) is 214 cm³/mol. The topological polar surface area (TPSA) is 160 Å². The molecule has 0 saturated heterocycles. The number of nitrogens with zero attached hydrogens (tertiary/aromatic N) is 3. The number of aliphatic carboxylic acids is 1. The van der Waals surface area contributed by atoms with Crippen molar-refractivity contribution in [1.82, 2.24) is 25.1 Å². The second-order valence-corrected chi connectivity index (χ2v) is 15.4. The molecule has 0 spiro atoms. The van der Waals surface area contributed by atoms with Gasteiger partial charge in [0.25, 0.3) is 0 Å². The molecule has 5 aromatic rings. The lowest BCUT2D eigenvalue weighted by molar-refractivity contribution is -0.147. The van der Waals surface area contributed by atoms with Crippen molar-refractivity contribution in [2.75, 3.05) is 6.54 Å². The van der Waals surface area contributed by atoms with Crippen LogP contribution in [0, 0.1) is 5.41 Å². The lowest BCUT2D eigenvalue weighted by Gasteiger charge is -2.41. The highest BCUT2D eigenvalue weighted by Gasteiger charge is 2.42. The number of primary amides is 1. The molecule has 1 aliphatic heterocycles. The Hall–Kier alpha value is -6.07. The van der Waals surface area contributed by atoms with Gasteiger partial charge in [-0.05, 0) is 39.7 Å². The van der Waals surface area contributed by atoms with Crippen LogP contribution in [0.3, 0.4) is 0 Å². The van der Waals surface area contributed by atoms with Gasteiger partial charge in [-0.2, -0.15) is 0 Å². The molecular formula is C45H50N6O5. The maximum absolute atomic E-state index is 14.6. The van der Waals surface area contributed by atoms with Crippen LogP contribution < -0.4 is 16.4 Å². The molecule has 290 valence electrons. The minimum Gasteiger partial charge on any atom is -0.480 e. The van der Waals surface area contributed by atoms with E-state index in [4.69, 9.17) is 10.7 Å². The summed E-state index contributed by atoms with van der Waals surface area (Å²) in [4.78, 5) is 58.3. The first-order chi connectivity index (χ1) is 26.9. The van der Waals surface area contributed by atoms with Crippen molar-refractivity contribution in [3.8, 4) is 0 Å². The van der Waals surface area contributed by atoms with Crippen molar-refractivity contribution in [2.24, 2.45) is 11.1 Å². The molecule has 4 aromatic carbocycles. The Labute approximate surface area is 328 Å². The van der Waals surface area contributed by atoms with E-state index >= 15 is 0 Å². The second-order valence-electron chi connectivity index (χ2n) is 15.4. The number of benzene rings is 4. The summed E-state index contributed by atoms with van der Waals surface area (Å²) in [6, 6.07) is 35.8. The maximum Gasteiger partial charge on any atom is 0.326 e. The average Bonchev–Trinajstić information content (AvgIpc) is 3.67. The second kappa shape index (κ2) is 17.2. The molecule has 1 aliphatic rings. The van der Waals surface area contributed by atoms with Crippen LogP contribution in [-0.4, -0.2) is 67.9 Å². The fourth-order valence-corrected chi connectivity index (χ4v) is 7.74. The van der Waals surface area contributed by atoms with Gasteiger partial charge in [-0.15, -0.1) is 0 Å². The molecule has 11 nitrogen and oxygen atoms in total. The van der Waals surface area contributed by atoms with Crippen molar-refractivity contribution in [2.45, 2.75) is 76.7 Å². The Morgan fingerprint density at radius 3 is 1.88 bits per heavy atom. The van der Waals surface area contributed by atoms with Crippen LogP contribution >= 0.6 is 0 Å². The van der Waals surface area contributed by atoms with Crippen LogP contribution in [-0.2, 0) is 44.1 Å². The smallest absolute Gasteiger partial charge is 0.326 e. The van der Waals surface area contributed by atoms with Gasteiger partial charge in [-0.3, -0.25) is 14.4 Å². The Morgan fingerprint density at radius 1 is 0.821 bits per heavy atom. The molecule has 6 rings (SSSR count). The molecule has 3 amide bonds. The summed E-state index contributed by atoms with van der Waals surface area (Å²) in [7, 11) is 0. The van der Waals surface area contributed by atoms with E-state index in [1.165, 1.54) is 0 Å². The minimum atomic E-state index is -1.33. The molecule has 0 aliphatic carbocycles. The zero-order chi connectivity index (χ0) is 39.9. The number of aromatic nitrogens is 2. The van der Waals surface area contributed by atoms with Crippen LogP contribution in [0.15, 0.2) is 128 Å². The number of carbonyl (C=O) groups is 4. The summed E-state index contributed by atoms with van der Waals surface area (Å²) in [5.41, 5.74) is 9.93. The summed E-state index contributed by atoms with van der Waals surface area (Å²) < 4.78 is 2.16. The third kappa shape index (κ3) is 8.58. The number of nitrogens with two attached hydrogens (primary N) is 1. The first kappa shape index (κ1) is 39.6. The number of amides is 3. The molecule has 0 saturated carbocycles. The summed E-state index contributed by atoms with van der Waals surface area (Å²) >= 11 is 0. The summed E-state index contributed by atoms with van der Waals surface area (Å²) in [6.45, 7) is 6.54. The summed E-state index contributed by atoms with van der Waals surface area (Å²) in [6.07, 6.45) is 4.33. The Bertz CT molecular complexity index is 2030. The number of carboxylic acid groups (broad SMARTS) is 1. The predicted octanol–water partition coefficient (Wildman–Crippen LogP) is 5.06. The highest BCUT2D eigenvalue weighted by atomic mass is 16.4. The molecule has 5 N–H and O–H groups in total. The van der Waals surface area contributed by atoms with Gasteiger partial charge in [0.05, 0.1) is 18.1 Å². The summed E-state index contributed by atoms with van der Waals surface area (Å²) in [5.74, 6) is -2.80. The van der Waals surface area contributed by atoms with Crippen LogP contribution in [0.5, 0.6) is 0 Å².